The molecule has 128 valence electrons. The average Bonchev–Trinajstić information content (AvgIpc) is 2.92. The SMILES string of the molecule is CCOc1cc(/C=C2/SC(=Nc3ccc(F)cc3)NC2=O)ccc1O. The number of carbonyl (C=O) groups is 1. The van der Waals surface area contributed by atoms with Gasteiger partial charge in [-0.1, -0.05) is 6.07 Å². The molecule has 0 atom stereocenters. The number of aliphatic imine (C=N–C) groups is 1. The van der Waals surface area contributed by atoms with Crippen molar-refractivity contribution in [3.05, 3.63) is 58.8 Å². The molecule has 0 aliphatic carbocycles. The van der Waals surface area contributed by atoms with Crippen LogP contribution >= 0.6 is 11.8 Å². The van der Waals surface area contributed by atoms with Gasteiger partial charge in [-0.05, 0) is 66.7 Å². The van der Waals surface area contributed by atoms with Gasteiger partial charge in [0, 0.05) is 0 Å². The van der Waals surface area contributed by atoms with Crippen LogP contribution in [-0.4, -0.2) is 22.8 Å². The summed E-state index contributed by atoms with van der Waals surface area (Å²) in [7, 11) is 0. The van der Waals surface area contributed by atoms with Gasteiger partial charge in [0.25, 0.3) is 5.91 Å². The maximum atomic E-state index is 12.9. The number of phenolic OH excluding ortho intramolecular Hbond substituents is 1. The lowest BCUT2D eigenvalue weighted by Crippen LogP contribution is -2.19. The molecule has 7 heteroatoms. The van der Waals surface area contributed by atoms with Gasteiger partial charge in [0.05, 0.1) is 17.2 Å². The number of nitrogens with one attached hydrogen (secondary N) is 1. The Bertz CT molecular complexity index is 863. The number of amidine groups is 1. The van der Waals surface area contributed by atoms with Crippen LogP contribution in [0.5, 0.6) is 11.5 Å². The van der Waals surface area contributed by atoms with Gasteiger partial charge in [0.15, 0.2) is 16.7 Å². The lowest BCUT2D eigenvalue weighted by molar-refractivity contribution is -0.115. The van der Waals surface area contributed by atoms with Crippen molar-refractivity contribution >= 4 is 34.6 Å². The molecule has 0 aromatic heterocycles. The lowest BCUT2D eigenvalue weighted by atomic mass is 10.2. The van der Waals surface area contributed by atoms with Gasteiger partial charge >= 0.3 is 0 Å². The third-order valence-electron chi connectivity index (χ3n) is 3.29. The van der Waals surface area contributed by atoms with Crippen molar-refractivity contribution < 1.29 is 19.0 Å². The molecule has 5 nitrogen and oxygen atoms in total. The number of rotatable bonds is 4. The van der Waals surface area contributed by atoms with E-state index in [1.165, 1.54) is 42.1 Å². The highest BCUT2D eigenvalue weighted by molar-refractivity contribution is 8.18. The Morgan fingerprint density at radius 3 is 2.76 bits per heavy atom. The fraction of sp³-hybridized carbons (Fsp3) is 0.111. The smallest absolute Gasteiger partial charge is 0.264 e. The van der Waals surface area contributed by atoms with Crippen LogP contribution in [0.3, 0.4) is 0 Å². The van der Waals surface area contributed by atoms with Gasteiger partial charge in [0.1, 0.15) is 5.82 Å². The lowest BCUT2D eigenvalue weighted by Gasteiger charge is -2.06. The highest BCUT2D eigenvalue weighted by Gasteiger charge is 2.23. The normalized spacial score (nSPS) is 17.1. The Hall–Kier alpha value is -2.80. The monoisotopic (exact) mass is 358 g/mol. The molecule has 3 rings (SSSR count). The summed E-state index contributed by atoms with van der Waals surface area (Å²) in [5.41, 5.74) is 1.27. The van der Waals surface area contributed by atoms with Gasteiger partial charge in [0.2, 0.25) is 0 Å². The van der Waals surface area contributed by atoms with Crippen molar-refractivity contribution in [3.8, 4) is 11.5 Å². The molecule has 25 heavy (non-hydrogen) atoms. The van der Waals surface area contributed by atoms with Crippen LogP contribution < -0.4 is 10.1 Å². The van der Waals surface area contributed by atoms with Crippen molar-refractivity contribution in [2.75, 3.05) is 6.61 Å². The number of carbonyl (C=O) groups excluding carboxylic acids is 1. The van der Waals surface area contributed by atoms with E-state index in [1.807, 2.05) is 6.92 Å². The Balaban J connectivity index is 1.81. The van der Waals surface area contributed by atoms with Gasteiger partial charge in [-0.2, -0.15) is 0 Å². The third kappa shape index (κ3) is 4.19. The third-order valence-corrected chi connectivity index (χ3v) is 4.20. The fourth-order valence-corrected chi connectivity index (χ4v) is 3.00. The molecule has 1 saturated heterocycles. The van der Waals surface area contributed by atoms with Crippen molar-refractivity contribution in [1.29, 1.82) is 0 Å². The Kier molecular flexibility index (Phi) is 5.04. The molecule has 0 radical (unpaired) electrons. The van der Waals surface area contributed by atoms with Crippen molar-refractivity contribution in [3.63, 3.8) is 0 Å². The highest BCUT2D eigenvalue weighted by Crippen LogP contribution is 2.31. The maximum Gasteiger partial charge on any atom is 0.264 e. The summed E-state index contributed by atoms with van der Waals surface area (Å²) in [4.78, 5) is 16.8. The molecule has 1 amide bonds. The minimum Gasteiger partial charge on any atom is -0.504 e. The first kappa shape index (κ1) is 17.0. The highest BCUT2D eigenvalue weighted by atomic mass is 32.2. The number of benzene rings is 2. The van der Waals surface area contributed by atoms with E-state index in [1.54, 1.807) is 18.2 Å². The zero-order valence-corrected chi connectivity index (χ0v) is 14.1. The van der Waals surface area contributed by atoms with E-state index in [9.17, 15) is 14.3 Å². The minimum absolute atomic E-state index is 0.0473. The molecule has 0 saturated carbocycles. The first-order valence-electron chi connectivity index (χ1n) is 7.56. The fourth-order valence-electron chi connectivity index (χ4n) is 2.16. The molecule has 0 spiro atoms. The molecule has 0 bridgehead atoms. The minimum atomic E-state index is -0.343. The molecule has 2 aromatic carbocycles. The standard InChI is InChI=1S/C18H15FN2O3S/c1-2-24-15-9-11(3-8-14(15)22)10-16-17(23)21-18(25-16)20-13-6-4-12(19)5-7-13/h3-10,22H,2H2,1H3,(H,20,21,23)/b16-10+. The van der Waals surface area contributed by atoms with Crippen LogP contribution in [0.2, 0.25) is 0 Å². The summed E-state index contributed by atoms with van der Waals surface area (Å²) in [6.07, 6.45) is 1.69. The van der Waals surface area contributed by atoms with Gasteiger partial charge in [-0.15, -0.1) is 0 Å². The number of thioether (sulfide) groups is 1. The van der Waals surface area contributed by atoms with Crippen LogP contribution in [0, 0.1) is 5.82 Å². The van der Waals surface area contributed by atoms with Crippen LogP contribution in [0.25, 0.3) is 6.08 Å². The van der Waals surface area contributed by atoms with Crippen LogP contribution in [0.4, 0.5) is 10.1 Å². The summed E-state index contributed by atoms with van der Waals surface area (Å²) in [6.45, 7) is 2.25. The molecular formula is C18H15FN2O3S. The molecule has 1 aliphatic heterocycles. The molecule has 1 fully saturated rings. The second-order valence-corrected chi connectivity index (χ2v) is 6.15. The summed E-state index contributed by atoms with van der Waals surface area (Å²) in [5.74, 6) is -0.200. The number of amides is 1. The molecule has 1 aliphatic rings. The first-order chi connectivity index (χ1) is 12.0. The second kappa shape index (κ2) is 7.40. The van der Waals surface area contributed by atoms with E-state index in [0.717, 1.165) is 5.56 Å². The summed E-state index contributed by atoms with van der Waals surface area (Å²) < 4.78 is 18.3. The van der Waals surface area contributed by atoms with Crippen molar-refractivity contribution in [1.82, 2.24) is 5.32 Å². The van der Waals surface area contributed by atoms with Crippen LogP contribution in [-0.2, 0) is 4.79 Å². The van der Waals surface area contributed by atoms with Gasteiger partial charge in [-0.3, -0.25) is 4.79 Å². The van der Waals surface area contributed by atoms with E-state index in [-0.39, 0.29) is 17.5 Å². The largest absolute Gasteiger partial charge is 0.504 e. The Labute approximate surface area is 148 Å². The number of aromatic hydroxyl groups is 1. The van der Waals surface area contributed by atoms with E-state index >= 15 is 0 Å². The number of halogens is 1. The molecule has 1 heterocycles. The van der Waals surface area contributed by atoms with Gasteiger partial charge < -0.3 is 15.2 Å². The van der Waals surface area contributed by atoms with E-state index in [2.05, 4.69) is 10.3 Å². The summed E-state index contributed by atoms with van der Waals surface area (Å²) >= 11 is 1.19. The predicted molar refractivity (Wildman–Crippen MR) is 96.5 cm³/mol. The van der Waals surface area contributed by atoms with Crippen LogP contribution in [0.15, 0.2) is 52.4 Å². The Morgan fingerprint density at radius 1 is 1.28 bits per heavy atom. The summed E-state index contributed by atoms with van der Waals surface area (Å²) in [5, 5.41) is 12.8. The number of nitrogens with zero attached hydrogens (tertiary/aromatic N) is 1. The van der Waals surface area contributed by atoms with E-state index in [0.29, 0.717) is 28.1 Å². The van der Waals surface area contributed by atoms with E-state index in [4.69, 9.17) is 4.74 Å². The quantitative estimate of drug-likeness (QED) is 0.815. The second-order valence-electron chi connectivity index (χ2n) is 5.12. The molecule has 2 N–H and O–H groups in total. The Morgan fingerprint density at radius 2 is 2.04 bits per heavy atom. The van der Waals surface area contributed by atoms with Crippen molar-refractivity contribution in [2.45, 2.75) is 6.92 Å². The average molecular weight is 358 g/mol. The van der Waals surface area contributed by atoms with Crippen LogP contribution in [0.1, 0.15) is 12.5 Å². The summed E-state index contributed by atoms with van der Waals surface area (Å²) in [6, 6.07) is 10.5. The number of hydrogen-bond donors (Lipinski definition) is 2. The first-order valence-corrected chi connectivity index (χ1v) is 8.38. The molecule has 0 unspecified atom stereocenters. The van der Waals surface area contributed by atoms with Gasteiger partial charge in [-0.25, -0.2) is 9.38 Å². The van der Waals surface area contributed by atoms with Crippen molar-refractivity contribution in [2.24, 2.45) is 4.99 Å². The number of ether oxygens (including phenoxy) is 1. The molecular weight excluding hydrogens is 343 g/mol. The molecule has 2 aromatic rings. The zero-order valence-electron chi connectivity index (χ0n) is 13.3. The maximum absolute atomic E-state index is 12.9. The number of hydrogen-bond acceptors (Lipinski definition) is 5. The number of phenols is 1. The topological polar surface area (TPSA) is 70.9 Å². The van der Waals surface area contributed by atoms with E-state index < -0.39 is 0 Å². The predicted octanol–water partition coefficient (Wildman–Crippen LogP) is 3.82. The zero-order chi connectivity index (χ0) is 17.8.